The average molecular weight is 542 g/mol. The largest absolute Gasteiger partial charge is 0.396 e. The maximum Gasteiger partial charge on any atom is 0.231 e. The van der Waals surface area contributed by atoms with Crippen molar-refractivity contribution in [2.75, 3.05) is 55.4 Å². The second kappa shape index (κ2) is 11.1. The molecule has 3 heterocycles. The number of piperazine rings is 1. The van der Waals surface area contributed by atoms with Gasteiger partial charge in [0, 0.05) is 67.9 Å². The summed E-state index contributed by atoms with van der Waals surface area (Å²) in [7, 11) is 2.14. The van der Waals surface area contributed by atoms with E-state index in [1.54, 1.807) is 6.20 Å². The molecule has 0 saturated carbocycles. The third kappa shape index (κ3) is 5.41. The van der Waals surface area contributed by atoms with Crippen LogP contribution < -0.4 is 15.5 Å². The summed E-state index contributed by atoms with van der Waals surface area (Å²) in [5.74, 6) is 0.290. The first-order valence-corrected chi connectivity index (χ1v) is 13.5. The van der Waals surface area contributed by atoms with E-state index in [1.165, 1.54) is 30.0 Å². The van der Waals surface area contributed by atoms with Crippen molar-refractivity contribution in [1.29, 1.82) is 0 Å². The number of nitrogens with zero attached hydrogens (tertiary/aromatic N) is 4. The van der Waals surface area contributed by atoms with Crippen molar-refractivity contribution in [1.82, 2.24) is 19.9 Å². The molecule has 6 rings (SSSR count). The zero-order valence-corrected chi connectivity index (χ0v) is 22.3. The lowest BCUT2D eigenvalue weighted by atomic mass is 10.0. The van der Waals surface area contributed by atoms with Crippen molar-refractivity contribution < 1.29 is 14.3 Å². The quantitative estimate of drug-likeness (QED) is 0.194. The number of aliphatic hydroxyl groups excluding tert-OH is 1. The topological polar surface area (TPSA) is 109 Å². The Morgan fingerprint density at radius 1 is 1.05 bits per heavy atom. The van der Waals surface area contributed by atoms with E-state index in [4.69, 9.17) is 4.98 Å². The first-order valence-electron chi connectivity index (χ1n) is 13.5. The third-order valence-electron chi connectivity index (χ3n) is 7.60. The normalized spacial score (nSPS) is 19.3. The molecule has 1 aliphatic carbocycles. The van der Waals surface area contributed by atoms with Crippen molar-refractivity contribution in [3.63, 3.8) is 0 Å². The Kier molecular flexibility index (Phi) is 7.19. The Balaban J connectivity index is 1.30. The van der Waals surface area contributed by atoms with E-state index in [2.05, 4.69) is 49.6 Å². The van der Waals surface area contributed by atoms with Crippen molar-refractivity contribution in [2.45, 2.75) is 12.5 Å². The van der Waals surface area contributed by atoms with Gasteiger partial charge in [0.2, 0.25) is 5.95 Å². The fourth-order valence-corrected chi connectivity index (χ4v) is 5.27. The number of H-pyrrole nitrogens is 1. The number of hydrogen-bond donors (Lipinski definition) is 4. The Bertz CT molecular complexity index is 1530. The van der Waals surface area contributed by atoms with E-state index in [1.807, 2.05) is 24.3 Å². The van der Waals surface area contributed by atoms with Crippen LogP contribution in [0.2, 0.25) is 0 Å². The Morgan fingerprint density at radius 2 is 1.80 bits per heavy atom. The van der Waals surface area contributed by atoms with Crippen molar-refractivity contribution in [3.05, 3.63) is 83.8 Å². The van der Waals surface area contributed by atoms with Gasteiger partial charge in [-0.05, 0) is 62.0 Å². The number of hydrogen-bond acceptors (Lipinski definition) is 8. The molecule has 10 heteroatoms. The van der Waals surface area contributed by atoms with E-state index in [0.717, 1.165) is 31.9 Å². The summed E-state index contributed by atoms with van der Waals surface area (Å²) in [4.78, 5) is 30.7. The van der Waals surface area contributed by atoms with Crippen LogP contribution in [-0.4, -0.2) is 76.6 Å². The summed E-state index contributed by atoms with van der Waals surface area (Å²) in [6, 6.07) is 13.6. The van der Waals surface area contributed by atoms with Gasteiger partial charge in [0.1, 0.15) is 17.3 Å². The molecule has 1 aliphatic heterocycles. The number of likely N-dealkylation sites (N-methyl/N-ethyl adjacent to an activating group) is 1. The number of aromatic nitrogens is 3. The fraction of sp³-hybridized carbons (Fsp3) is 0.300. The number of aromatic amines is 1. The summed E-state index contributed by atoms with van der Waals surface area (Å²) in [5.41, 5.74) is 3.29. The van der Waals surface area contributed by atoms with Crippen molar-refractivity contribution >= 4 is 40.0 Å². The number of carbonyl (C=O) groups is 1. The molecule has 0 bridgehead atoms. The first kappa shape index (κ1) is 26.0. The van der Waals surface area contributed by atoms with E-state index in [9.17, 15) is 14.3 Å². The van der Waals surface area contributed by atoms with Crippen LogP contribution in [0.5, 0.6) is 0 Å². The SMILES string of the molecule is CN1CCN(c2ccc(Nc3nc(N[C@@H]4C=C[C@H](CO)C4)c4c(C(=O)c5ccc(F)cc5)c[nH]c4n3)cc2)CC1. The highest BCUT2D eigenvalue weighted by atomic mass is 19.1. The van der Waals surface area contributed by atoms with E-state index in [0.29, 0.717) is 40.3 Å². The number of aliphatic hydroxyl groups is 1. The highest BCUT2D eigenvalue weighted by molar-refractivity contribution is 6.18. The van der Waals surface area contributed by atoms with Crippen LogP contribution in [0.15, 0.2) is 66.9 Å². The highest BCUT2D eigenvalue weighted by Crippen LogP contribution is 2.31. The molecule has 0 unspecified atom stereocenters. The summed E-state index contributed by atoms with van der Waals surface area (Å²) in [6.07, 6.45) is 6.32. The van der Waals surface area contributed by atoms with Crippen LogP contribution in [0.3, 0.4) is 0 Å². The summed E-state index contributed by atoms with van der Waals surface area (Å²) >= 11 is 0. The average Bonchev–Trinajstić information content (AvgIpc) is 3.61. The van der Waals surface area contributed by atoms with E-state index >= 15 is 0 Å². The molecule has 4 N–H and O–H groups in total. The van der Waals surface area contributed by atoms with Crippen LogP contribution >= 0.6 is 0 Å². The molecule has 206 valence electrons. The standard InChI is InChI=1S/C30H32FN7O2/c1-37-12-14-38(15-13-37)24-10-8-22(9-11-24)34-30-35-28-26(29(36-30)33-23-7-2-19(16-23)18-39)25(17-32-28)27(40)20-3-5-21(31)6-4-20/h2-11,17,19,23,39H,12-16,18H2,1H3,(H3,32,33,34,35,36)/t19-,23+/m0/s1. The molecule has 40 heavy (non-hydrogen) atoms. The van der Waals surface area contributed by atoms with Gasteiger partial charge < -0.3 is 30.5 Å². The van der Waals surface area contributed by atoms with Gasteiger partial charge in [0.15, 0.2) is 5.78 Å². The second-order valence-corrected chi connectivity index (χ2v) is 10.4. The minimum Gasteiger partial charge on any atom is -0.396 e. The Hall–Kier alpha value is -4.28. The van der Waals surface area contributed by atoms with Gasteiger partial charge in [0.05, 0.1) is 10.9 Å². The number of carbonyl (C=O) groups excluding carboxylic acids is 1. The molecular formula is C30H32FN7O2. The number of anilines is 4. The Labute approximate surface area is 231 Å². The zero-order chi connectivity index (χ0) is 27.6. The molecule has 2 aromatic heterocycles. The number of fused-ring (bicyclic) bond motifs is 1. The third-order valence-corrected chi connectivity index (χ3v) is 7.60. The molecule has 2 atom stereocenters. The van der Waals surface area contributed by atoms with Crippen LogP contribution in [0.4, 0.5) is 27.5 Å². The lowest BCUT2D eigenvalue weighted by Gasteiger charge is -2.34. The molecule has 1 fully saturated rings. The van der Waals surface area contributed by atoms with Gasteiger partial charge in [-0.1, -0.05) is 12.2 Å². The van der Waals surface area contributed by atoms with Crippen molar-refractivity contribution in [3.8, 4) is 0 Å². The monoisotopic (exact) mass is 541 g/mol. The molecule has 0 amide bonds. The molecule has 0 spiro atoms. The predicted octanol–water partition coefficient (Wildman–Crippen LogP) is 4.17. The number of halogens is 1. The summed E-state index contributed by atoms with van der Waals surface area (Å²) in [6.45, 7) is 4.15. The first-order chi connectivity index (χ1) is 19.5. The molecule has 9 nitrogen and oxygen atoms in total. The molecule has 2 aliphatic rings. The predicted molar refractivity (Wildman–Crippen MR) is 155 cm³/mol. The minimum atomic E-state index is -0.403. The molecule has 4 aromatic rings. The van der Waals surface area contributed by atoms with Gasteiger partial charge in [-0.2, -0.15) is 9.97 Å². The van der Waals surface area contributed by atoms with E-state index in [-0.39, 0.29) is 24.3 Å². The Morgan fingerprint density at radius 3 is 2.50 bits per heavy atom. The molecular weight excluding hydrogens is 509 g/mol. The number of rotatable bonds is 8. The smallest absolute Gasteiger partial charge is 0.231 e. The highest BCUT2D eigenvalue weighted by Gasteiger charge is 2.24. The van der Waals surface area contributed by atoms with E-state index < -0.39 is 5.82 Å². The summed E-state index contributed by atoms with van der Waals surface area (Å²) in [5, 5.41) is 16.9. The van der Waals surface area contributed by atoms with Crippen LogP contribution in [0.1, 0.15) is 22.3 Å². The van der Waals surface area contributed by atoms with Gasteiger partial charge in [-0.25, -0.2) is 4.39 Å². The van der Waals surface area contributed by atoms with Gasteiger partial charge in [-0.3, -0.25) is 4.79 Å². The maximum absolute atomic E-state index is 13.5. The van der Waals surface area contributed by atoms with Crippen molar-refractivity contribution in [2.24, 2.45) is 5.92 Å². The minimum absolute atomic E-state index is 0.0605. The summed E-state index contributed by atoms with van der Waals surface area (Å²) < 4.78 is 13.5. The second-order valence-electron chi connectivity index (χ2n) is 10.4. The maximum atomic E-state index is 13.5. The van der Waals surface area contributed by atoms with Gasteiger partial charge in [0.25, 0.3) is 0 Å². The van der Waals surface area contributed by atoms with Crippen LogP contribution in [0.25, 0.3) is 11.0 Å². The molecule has 1 saturated heterocycles. The lowest BCUT2D eigenvalue weighted by molar-refractivity contribution is 0.104. The van der Waals surface area contributed by atoms with Gasteiger partial charge in [-0.15, -0.1) is 0 Å². The van der Waals surface area contributed by atoms with Gasteiger partial charge >= 0.3 is 0 Å². The lowest BCUT2D eigenvalue weighted by Crippen LogP contribution is -2.44. The van der Waals surface area contributed by atoms with Crippen LogP contribution in [0, 0.1) is 11.7 Å². The molecule has 0 radical (unpaired) electrons. The number of nitrogens with one attached hydrogen (secondary N) is 3. The zero-order valence-electron chi connectivity index (χ0n) is 22.3. The number of benzene rings is 2. The van der Waals surface area contributed by atoms with Crippen LogP contribution in [-0.2, 0) is 0 Å². The molecule has 2 aromatic carbocycles. The number of ketones is 1. The fourth-order valence-electron chi connectivity index (χ4n) is 5.27.